The van der Waals surface area contributed by atoms with E-state index in [2.05, 4.69) is 158 Å². The van der Waals surface area contributed by atoms with Crippen LogP contribution in [0.2, 0.25) is 0 Å². The Hall–Kier alpha value is -7.36. The molecule has 2 aromatic heterocycles. The average Bonchev–Trinajstić information content (AvgIpc) is 3.92. The predicted molar refractivity (Wildman–Crippen MR) is 235 cm³/mol. The van der Waals surface area contributed by atoms with Gasteiger partial charge in [-0.2, -0.15) is 0 Å². The Bertz CT molecular complexity index is 3080. The maximum absolute atomic E-state index is 6.43. The number of para-hydroxylation sites is 2. The van der Waals surface area contributed by atoms with Gasteiger partial charge in [-0.1, -0.05) is 176 Å². The molecule has 2 aliphatic rings. The molecule has 0 aliphatic heterocycles. The smallest absolute Gasteiger partial charge is 0.164 e. The van der Waals surface area contributed by atoms with Crippen LogP contribution in [0.4, 0.5) is 0 Å². The lowest BCUT2D eigenvalue weighted by atomic mass is 9.73. The largest absolute Gasteiger partial charge is 0.455 e. The monoisotopic (exact) mass is 728 g/mol. The van der Waals surface area contributed by atoms with E-state index in [1.165, 1.54) is 39.0 Å². The topological polar surface area (TPSA) is 38.9 Å². The molecule has 57 heavy (non-hydrogen) atoms. The first-order valence-corrected chi connectivity index (χ1v) is 19.5. The Kier molecular flexibility index (Phi) is 7.61. The molecule has 0 amide bonds. The van der Waals surface area contributed by atoms with Crippen molar-refractivity contribution in [2.24, 2.45) is 0 Å². The Labute approximate surface area is 331 Å². The summed E-state index contributed by atoms with van der Waals surface area (Å²) in [7, 11) is 0. The molecule has 0 fully saturated rings. The SMILES string of the molecule is C=C(/C=C\C=C1/CC2(c3ccccc31)c1ccccc1-c1ccccc12)c1cccc(-c2cc(-c3ccccc3)nc(-c3cccc4c3oc3ccccc34)n2)c1. The van der Waals surface area contributed by atoms with Gasteiger partial charge in [-0.05, 0) is 80.8 Å². The maximum atomic E-state index is 6.43. The van der Waals surface area contributed by atoms with Gasteiger partial charge in [-0.15, -0.1) is 0 Å². The summed E-state index contributed by atoms with van der Waals surface area (Å²) >= 11 is 0. The third-order valence-electron chi connectivity index (χ3n) is 11.8. The fourth-order valence-electron chi connectivity index (χ4n) is 9.22. The number of rotatable bonds is 6. The lowest BCUT2D eigenvalue weighted by molar-refractivity contribution is 0.669. The van der Waals surface area contributed by atoms with Gasteiger partial charge in [-0.25, -0.2) is 9.97 Å². The van der Waals surface area contributed by atoms with Crippen LogP contribution in [-0.4, -0.2) is 9.97 Å². The third-order valence-corrected chi connectivity index (χ3v) is 11.8. The summed E-state index contributed by atoms with van der Waals surface area (Å²) in [5, 5.41) is 2.13. The summed E-state index contributed by atoms with van der Waals surface area (Å²) in [6, 6.07) is 62.0. The van der Waals surface area contributed by atoms with E-state index < -0.39 is 0 Å². The lowest BCUT2D eigenvalue weighted by Gasteiger charge is -2.28. The Morgan fingerprint density at radius 2 is 1.12 bits per heavy atom. The van der Waals surface area contributed by atoms with Crippen LogP contribution >= 0.6 is 0 Å². The number of nitrogens with zero attached hydrogens (tertiary/aromatic N) is 2. The van der Waals surface area contributed by atoms with Crippen LogP contribution in [0.15, 0.2) is 205 Å². The molecule has 0 saturated heterocycles. The quantitative estimate of drug-likeness (QED) is 0.160. The Morgan fingerprint density at radius 3 is 1.89 bits per heavy atom. The minimum absolute atomic E-state index is 0.195. The number of hydrogen-bond donors (Lipinski definition) is 0. The molecule has 268 valence electrons. The minimum atomic E-state index is -0.195. The summed E-state index contributed by atoms with van der Waals surface area (Å²) < 4.78 is 6.43. The molecule has 9 aromatic rings. The standard InChI is InChI=1S/C54H36N2O/c1-35(16-13-21-39-34-54(46-28-9-5-22-40(39)46)47-29-10-6-23-41(47)42-24-7-11-30-48(42)54)37-19-14-20-38(32-37)50-33-49(36-17-3-2-4-18-36)55-53(56-50)45-27-15-26-44-43-25-8-12-31-51(43)57-52(44)45/h2-33H,1,34H2/b16-13-,39-21+. The van der Waals surface area contributed by atoms with Gasteiger partial charge < -0.3 is 4.42 Å². The fraction of sp³-hybridized carbons (Fsp3) is 0.0370. The van der Waals surface area contributed by atoms with Crippen LogP contribution in [-0.2, 0) is 5.41 Å². The van der Waals surface area contributed by atoms with Gasteiger partial charge in [-0.3, -0.25) is 0 Å². The van der Waals surface area contributed by atoms with Crippen molar-refractivity contribution >= 4 is 33.1 Å². The summed E-state index contributed by atoms with van der Waals surface area (Å²) in [6.07, 6.45) is 7.48. The summed E-state index contributed by atoms with van der Waals surface area (Å²) in [4.78, 5) is 10.3. The summed E-state index contributed by atoms with van der Waals surface area (Å²) in [6.45, 7) is 4.52. The molecule has 11 rings (SSSR count). The van der Waals surface area contributed by atoms with Crippen LogP contribution in [0, 0.1) is 0 Å². The van der Waals surface area contributed by atoms with Crippen molar-refractivity contribution in [1.82, 2.24) is 9.97 Å². The number of allylic oxidation sites excluding steroid dienone is 5. The molecule has 0 saturated carbocycles. The van der Waals surface area contributed by atoms with Gasteiger partial charge in [0.05, 0.1) is 22.4 Å². The van der Waals surface area contributed by atoms with Gasteiger partial charge >= 0.3 is 0 Å². The highest BCUT2D eigenvalue weighted by Gasteiger charge is 2.49. The second-order valence-electron chi connectivity index (χ2n) is 15.0. The second kappa shape index (κ2) is 13.1. The number of benzene rings is 7. The first kappa shape index (κ1) is 33.0. The molecule has 2 aliphatic carbocycles. The molecule has 7 aromatic carbocycles. The second-order valence-corrected chi connectivity index (χ2v) is 15.0. The van der Waals surface area contributed by atoms with Gasteiger partial charge in [0.2, 0.25) is 0 Å². The highest BCUT2D eigenvalue weighted by atomic mass is 16.3. The van der Waals surface area contributed by atoms with Crippen molar-refractivity contribution in [3.05, 3.63) is 229 Å². The molecule has 0 radical (unpaired) electrons. The van der Waals surface area contributed by atoms with Crippen LogP contribution in [0.3, 0.4) is 0 Å². The van der Waals surface area contributed by atoms with Crippen molar-refractivity contribution in [3.63, 3.8) is 0 Å². The molecule has 3 heteroatoms. The van der Waals surface area contributed by atoms with Gasteiger partial charge in [0.15, 0.2) is 5.82 Å². The van der Waals surface area contributed by atoms with E-state index in [0.717, 1.165) is 67.6 Å². The fourth-order valence-corrected chi connectivity index (χ4v) is 9.22. The van der Waals surface area contributed by atoms with Gasteiger partial charge in [0.25, 0.3) is 0 Å². The summed E-state index contributed by atoms with van der Waals surface area (Å²) in [5.74, 6) is 0.619. The molecule has 0 bridgehead atoms. The van der Waals surface area contributed by atoms with Crippen LogP contribution in [0.5, 0.6) is 0 Å². The normalized spacial score (nSPS) is 14.4. The zero-order valence-corrected chi connectivity index (χ0v) is 31.2. The molecule has 1 spiro atoms. The Balaban J connectivity index is 0.949. The molecular formula is C54H36N2O. The summed E-state index contributed by atoms with van der Waals surface area (Å²) in [5.41, 5.74) is 17.4. The molecule has 0 N–H and O–H groups in total. The van der Waals surface area contributed by atoms with Crippen molar-refractivity contribution in [2.45, 2.75) is 11.8 Å². The number of hydrogen-bond acceptors (Lipinski definition) is 3. The Morgan fingerprint density at radius 1 is 0.544 bits per heavy atom. The highest BCUT2D eigenvalue weighted by molar-refractivity contribution is 6.09. The van der Waals surface area contributed by atoms with Gasteiger partial charge in [0, 0.05) is 21.9 Å². The zero-order chi connectivity index (χ0) is 37.9. The van der Waals surface area contributed by atoms with E-state index >= 15 is 0 Å². The molecule has 0 atom stereocenters. The lowest BCUT2D eigenvalue weighted by Crippen LogP contribution is -2.23. The number of fused-ring (bicyclic) bond motifs is 10. The van der Waals surface area contributed by atoms with Crippen molar-refractivity contribution in [3.8, 4) is 45.0 Å². The van der Waals surface area contributed by atoms with E-state index in [1.54, 1.807) is 0 Å². The molecule has 3 nitrogen and oxygen atoms in total. The third kappa shape index (κ3) is 5.27. The number of aromatic nitrogens is 2. The maximum Gasteiger partial charge on any atom is 0.164 e. The van der Waals surface area contributed by atoms with E-state index in [4.69, 9.17) is 14.4 Å². The van der Waals surface area contributed by atoms with Crippen LogP contribution < -0.4 is 0 Å². The first-order valence-electron chi connectivity index (χ1n) is 19.5. The van der Waals surface area contributed by atoms with Crippen LogP contribution in [0.25, 0.3) is 78.1 Å². The van der Waals surface area contributed by atoms with Crippen molar-refractivity contribution in [1.29, 1.82) is 0 Å². The predicted octanol–water partition coefficient (Wildman–Crippen LogP) is 13.7. The van der Waals surface area contributed by atoms with E-state index in [-0.39, 0.29) is 5.41 Å². The number of furan rings is 1. The zero-order valence-electron chi connectivity index (χ0n) is 31.2. The molecule has 2 heterocycles. The molecular weight excluding hydrogens is 693 g/mol. The highest BCUT2D eigenvalue weighted by Crippen LogP contribution is 2.60. The first-order chi connectivity index (χ1) is 28.2. The molecule has 0 unspecified atom stereocenters. The van der Waals surface area contributed by atoms with E-state index in [0.29, 0.717) is 5.82 Å². The average molecular weight is 729 g/mol. The van der Waals surface area contributed by atoms with Crippen LogP contribution in [0.1, 0.15) is 34.2 Å². The van der Waals surface area contributed by atoms with Gasteiger partial charge in [0.1, 0.15) is 11.2 Å². The van der Waals surface area contributed by atoms with E-state index in [1.807, 2.05) is 42.5 Å². The van der Waals surface area contributed by atoms with E-state index in [9.17, 15) is 0 Å². The van der Waals surface area contributed by atoms with Crippen molar-refractivity contribution < 1.29 is 4.42 Å². The minimum Gasteiger partial charge on any atom is -0.455 e. The van der Waals surface area contributed by atoms with Crippen molar-refractivity contribution in [2.75, 3.05) is 0 Å².